The Hall–Kier alpha value is -1.49. The average molecular weight is 297 g/mol. The van der Waals surface area contributed by atoms with Gasteiger partial charge in [-0.3, -0.25) is 4.79 Å². The number of nitrogens with one attached hydrogen (secondary N) is 1. The predicted octanol–water partition coefficient (Wildman–Crippen LogP) is 2.96. The molecule has 0 radical (unpaired) electrons. The number of halogens is 2. The van der Waals surface area contributed by atoms with Crippen LogP contribution in [0.15, 0.2) is 27.5 Å². The standard InChI is InChI=1S/C12H10BrFN2O/c1-6-7(2)15-11(16-12(6)17)8-3-4-9(13)10(14)5-8/h3-5H,1-2H3,(H,15,16,17). The van der Waals surface area contributed by atoms with Crippen molar-refractivity contribution in [2.75, 3.05) is 0 Å². The topological polar surface area (TPSA) is 45.8 Å². The molecule has 0 aliphatic carbocycles. The van der Waals surface area contributed by atoms with Gasteiger partial charge < -0.3 is 4.98 Å². The van der Waals surface area contributed by atoms with Crippen LogP contribution >= 0.6 is 15.9 Å². The van der Waals surface area contributed by atoms with E-state index in [4.69, 9.17) is 0 Å². The van der Waals surface area contributed by atoms with Crippen molar-refractivity contribution in [2.45, 2.75) is 13.8 Å². The first kappa shape index (κ1) is 12.0. The molecule has 88 valence electrons. The molecule has 0 aliphatic rings. The third-order valence-corrected chi connectivity index (χ3v) is 3.23. The summed E-state index contributed by atoms with van der Waals surface area (Å²) in [4.78, 5) is 18.5. The molecule has 1 aromatic heterocycles. The molecule has 0 saturated carbocycles. The molecule has 1 N–H and O–H groups in total. The molecule has 1 aromatic carbocycles. The zero-order valence-electron chi connectivity index (χ0n) is 9.34. The van der Waals surface area contributed by atoms with Crippen molar-refractivity contribution in [3.05, 3.63) is 50.1 Å². The number of hydrogen-bond acceptors (Lipinski definition) is 2. The van der Waals surface area contributed by atoms with E-state index in [2.05, 4.69) is 25.9 Å². The van der Waals surface area contributed by atoms with E-state index in [1.165, 1.54) is 6.07 Å². The van der Waals surface area contributed by atoms with E-state index in [0.29, 0.717) is 27.1 Å². The molecule has 0 aliphatic heterocycles. The molecule has 0 spiro atoms. The minimum atomic E-state index is -0.386. The van der Waals surface area contributed by atoms with Gasteiger partial charge in [-0.1, -0.05) is 0 Å². The van der Waals surface area contributed by atoms with Crippen LogP contribution in [0.1, 0.15) is 11.3 Å². The molecule has 0 fully saturated rings. The highest BCUT2D eigenvalue weighted by molar-refractivity contribution is 9.10. The van der Waals surface area contributed by atoms with Crippen molar-refractivity contribution in [3.63, 3.8) is 0 Å². The van der Waals surface area contributed by atoms with Gasteiger partial charge >= 0.3 is 0 Å². The van der Waals surface area contributed by atoms with E-state index in [-0.39, 0.29) is 11.4 Å². The molecular weight excluding hydrogens is 287 g/mol. The van der Waals surface area contributed by atoms with Crippen LogP contribution in [0.5, 0.6) is 0 Å². The van der Waals surface area contributed by atoms with Gasteiger partial charge in [0.1, 0.15) is 11.6 Å². The van der Waals surface area contributed by atoms with Crippen molar-refractivity contribution in [3.8, 4) is 11.4 Å². The fourth-order valence-corrected chi connectivity index (χ4v) is 1.67. The van der Waals surface area contributed by atoms with E-state index < -0.39 is 0 Å². The van der Waals surface area contributed by atoms with Crippen LogP contribution < -0.4 is 5.56 Å². The van der Waals surface area contributed by atoms with Crippen molar-refractivity contribution in [1.82, 2.24) is 9.97 Å². The highest BCUT2D eigenvalue weighted by Gasteiger charge is 2.08. The molecule has 5 heteroatoms. The SMILES string of the molecule is Cc1nc(-c2ccc(Br)c(F)c2)[nH]c(=O)c1C. The number of benzene rings is 1. The zero-order valence-corrected chi connectivity index (χ0v) is 10.9. The van der Waals surface area contributed by atoms with Crippen LogP contribution in [0, 0.1) is 19.7 Å². The Balaban J connectivity index is 2.61. The van der Waals surface area contributed by atoms with Gasteiger partial charge in [0.05, 0.1) is 4.47 Å². The van der Waals surface area contributed by atoms with Crippen molar-refractivity contribution in [1.29, 1.82) is 0 Å². The van der Waals surface area contributed by atoms with Gasteiger partial charge in [0.15, 0.2) is 0 Å². The number of aryl methyl sites for hydroxylation is 1. The van der Waals surface area contributed by atoms with E-state index in [1.54, 1.807) is 26.0 Å². The minimum absolute atomic E-state index is 0.198. The fraction of sp³-hybridized carbons (Fsp3) is 0.167. The second kappa shape index (κ2) is 4.41. The Kier molecular flexibility index (Phi) is 3.11. The summed E-state index contributed by atoms with van der Waals surface area (Å²) in [5, 5.41) is 0. The molecule has 17 heavy (non-hydrogen) atoms. The number of hydrogen-bond donors (Lipinski definition) is 1. The number of rotatable bonds is 1. The highest BCUT2D eigenvalue weighted by Crippen LogP contribution is 2.21. The summed E-state index contributed by atoms with van der Waals surface area (Å²) < 4.78 is 13.8. The summed E-state index contributed by atoms with van der Waals surface area (Å²) >= 11 is 3.08. The first-order chi connectivity index (χ1) is 7.99. The Morgan fingerprint density at radius 3 is 2.65 bits per heavy atom. The van der Waals surface area contributed by atoms with Crippen LogP contribution in [0.25, 0.3) is 11.4 Å². The van der Waals surface area contributed by atoms with Crippen LogP contribution in [-0.4, -0.2) is 9.97 Å². The van der Waals surface area contributed by atoms with Crippen molar-refractivity contribution >= 4 is 15.9 Å². The normalized spacial score (nSPS) is 10.6. The third-order valence-electron chi connectivity index (χ3n) is 2.59. The van der Waals surface area contributed by atoms with Gasteiger partial charge in [-0.2, -0.15) is 0 Å². The summed E-state index contributed by atoms with van der Waals surface area (Å²) in [6.45, 7) is 3.45. The summed E-state index contributed by atoms with van der Waals surface area (Å²) in [5.41, 5.74) is 1.57. The predicted molar refractivity (Wildman–Crippen MR) is 67.4 cm³/mol. The van der Waals surface area contributed by atoms with Crippen molar-refractivity contribution in [2.24, 2.45) is 0 Å². The molecular formula is C12H10BrFN2O. The smallest absolute Gasteiger partial charge is 0.254 e. The van der Waals surface area contributed by atoms with Crippen molar-refractivity contribution < 1.29 is 4.39 Å². The van der Waals surface area contributed by atoms with Crippen LogP contribution in [-0.2, 0) is 0 Å². The molecule has 0 amide bonds. The quantitative estimate of drug-likeness (QED) is 0.879. The molecule has 1 heterocycles. The minimum Gasteiger partial charge on any atom is -0.306 e. The maximum atomic E-state index is 13.4. The maximum Gasteiger partial charge on any atom is 0.254 e. The first-order valence-electron chi connectivity index (χ1n) is 5.02. The molecule has 0 bridgehead atoms. The monoisotopic (exact) mass is 296 g/mol. The fourth-order valence-electron chi connectivity index (χ4n) is 1.43. The van der Waals surface area contributed by atoms with Gasteiger partial charge in [-0.25, -0.2) is 9.37 Å². The Morgan fingerprint density at radius 1 is 1.35 bits per heavy atom. The summed E-state index contributed by atoms with van der Waals surface area (Å²) in [7, 11) is 0. The van der Waals surface area contributed by atoms with Crippen LogP contribution in [0.3, 0.4) is 0 Å². The highest BCUT2D eigenvalue weighted by atomic mass is 79.9. The zero-order chi connectivity index (χ0) is 12.6. The molecule has 2 rings (SSSR count). The van der Waals surface area contributed by atoms with E-state index in [0.717, 1.165) is 0 Å². The van der Waals surface area contributed by atoms with Gasteiger partial charge in [-0.05, 0) is 48.0 Å². The molecule has 2 aromatic rings. The molecule has 0 saturated heterocycles. The number of nitrogens with zero attached hydrogens (tertiary/aromatic N) is 1. The van der Waals surface area contributed by atoms with Gasteiger partial charge in [-0.15, -0.1) is 0 Å². The second-order valence-electron chi connectivity index (χ2n) is 3.75. The van der Waals surface area contributed by atoms with Crippen LogP contribution in [0.4, 0.5) is 4.39 Å². The average Bonchev–Trinajstić information content (AvgIpc) is 2.29. The third kappa shape index (κ3) is 2.29. The summed E-state index contributed by atoms with van der Waals surface area (Å²) in [6.07, 6.45) is 0. The van der Waals surface area contributed by atoms with Gasteiger partial charge in [0.25, 0.3) is 5.56 Å². The van der Waals surface area contributed by atoms with E-state index in [9.17, 15) is 9.18 Å². The Bertz CT molecular complexity index is 637. The van der Waals surface area contributed by atoms with E-state index >= 15 is 0 Å². The lowest BCUT2D eigenvalue weighted by molar-refractivity contribution is 0.621. The second-order valence-corrected chi connectivity index (χ2v) is 4.61. The maximum absolute atomic E-state index is 13.4. The largest absolute Gasteiger partial charge is 0.306 e. The Morgan fingerprint density at radius 2 is 2.06 bits per heavy atom. The number of H-pyrrole nitrogens is 1. The van der Waals surface area contributed by atoms with E-state index in [1.807, 2.05) is 0 Å². The lowest BCUT2D eigenvalue weighted by Gasteiger charge is -2.05. The summed E-state index contributed by atoms with van der Waals surface area (Å²) in [6, 6.07) is 4.61. The van der Waals surface area contributed by atoms with Gasteiger partial charge in [0.2, 0.25) is 0 Å². The Labute approximate surface area is 106 Å². The number of aromatic nitrogens is 2. The lowest BCUT2D eigenvalue weighted by Crippen LogP contribution is -2.14. The molecule has 0 unspecified atom stereocenters. The lowest BCUT2D eigenvalue weighted by atomic mass is 10.2. The first-order valence-corrected chi connectivity index (χ1v) is 5.81. The molecule has 3 nitrogen and oxygen atoms in total. The number of aromatic amines is 1. The van der Waals surface area contributed by atoms with Gasteiger partial charge in [0, 0.05) is 16.8 Å². The molecule has 0 atom stereocenters. The summed E-state index contributed by atoms with van der Waals surface area (Å²) in [5.74, 6) is -0.00660. The van der Waals surface area contributed by atoms with Crippen LogP contribution in [0.2, 0.25) is 0 Å².